The van der Waals surface area contributed by atoms with E-state index in [0.717, 1.165) is 48.2 Å². The zero-order valence-corrected chi connectivity index (χ0v) is 18.9. The van der Waals surface area contributed by atoms with E-state index in [-0.39, 0.29) is 30.8 Å². The number of rotatable bonds is 5. The number of likely N-dealkylation sites (tertiary alicyclic amines) is 1. The van der Waals surface area contributed by atoms with Gasteiger partial charge >= 0.3 is 0 Å². The van der Waals surface area contributed by atoms with Crippen molar-refractivity contribution in [2.45, 2.75) is 32.1 Å². The van der Waals surface area contributed by atoms with Crippen molar-refractivity contribution < 1.29 is 19.4 Å². The Morgan fingerprint density at radius 1 is 1.03 bits per heavy atom. The highest BCUT2D eigenvalue weighted by Crippen LogP contribution is 2.41. The minimum atomic E-state index is -0.298. The van der Waals surface area contributed by atoms with Gasteiger partial charge in [0.2, 0.25) is 12.7 Å². The molecule has 5 heteroatoms. The van der Waals surface area contributed by atoms with Crippen LogP contribution in [0, 0.1) is 5.92 Å². The summed E-state index contributed by atoms with van der Waals surface area (Å²) >= 11 is 0. The summed E-state index contributed by atoms with van der Waals surface area (Å²) in [4.78, 5) is 15.4. The van der Waals surface area contributed by atoms with E-state index in [9.17, 15) is 9.90 Å². The molecule has 0 spiro atoms. The van der Waals surface area contributed by atoms with Crippen LogP contribution in [-0.2, 0) is 4.79 Å². The van der Waals surface area contributed by atoms with Crippen LogP contribution < -0.4 is 9.47 Å². The van der Waals surface area contributed by atoms with E-state index in [1.54, 1.807) is 6.07 Å². The monoisotopic (exact) mass is 443 g/mol. The average Bonchev–Trinajstić information content (AvgIpc) is 3.31. The molecule has 33 heavy (non-hydrogen) atoms. The molecule has 1 amide bonds. The van der Waals surface area contributed by atoms with Crippen molar-refractivity contribution in [3.8, 4) is 28.4 Å². The summed E-state index contributed by atoms with van der Waals surface area (Å²) < 4.78 is 11.1. The lowest BCUT2D eigenvalue weighted by Crippen LogP contribution is -2.39. The summed E-state index contributed by atoms with van der Waals surface area (Å²) in [6, 6.07) is 21.5. The molecule has 1 N–H and O–H groups in total. The molecule has 0 aliphatic carbocycles. The van der Waals surface area contributed by atoms with Crippen LogP contribution in [0.4, 0.5) is 0 Å². The predicted octanol–water partition coefficient (Wildman–Crippen LogP) is 5.57. The molecule has 3 aromatic rings. The Labute approximate surface area is 194 Å². The standard InChI is InChI=1S/C28H29NO4/c1-19-6-5-13-29(17-19)28(31)16-23(22-10-12-26-27(15-22)33-18-32-26)24-14-21(9-11-25(24)30)20-7-3-2-4-8-20/h2-4,7-12,14-15,19,23,30H,5-6,13,16-18H2,1H3. The number of phenolic OH excluding ortho intramolecular Hbond substituents is 1. The summed E-state index contributed by atoms with van der Waals surface area (Å²) in [6.07, 6.45) is 2.49. The van der Waals surface area contributed by atoms with Crippen LogP contribution >= 0.6 is 0 Å². The number of aromatic hydroxyl groups is 1. The second kappa shape index (κ2) is 9.18. The predicted molar refractivity (Wildman–Crippen MR) is 128 cm³/mol. The molecule has 0 radical (unpaired) electrons. The second-order valence-corrected chi connectivity index (χ2v) is 9.10. The highest BCUT2D eigenvalue weighted by atomic mass is 16.7. The van der Waals surface area contributed by atoms with Crippen molar-refractivity contribution in [2.75, 3.05) is 19.9 Å². The van der Waals surface area contributed by atoms with Gasteiger partial charge < -0.3 is 19.5 Å². The lowest BCUT2D eigenvalue weighted by atomic mass is 9.85. The van der Waals surface area contributed by atoms with Crippen molar-refractivity contribution in [1.82, 2.24) is 4.90 Å². The van der Waals surface area contributed by atoms with Crippen LogP contribution in [0.5, 0.6) is 17.2 Å². The number of ether oxygens (including phenoxy) is 2. The molecule has 1 fully saturated rings. The molecule has 0 saturated carbocycles. The topological polar surface area (TPSA) is 59.0 Å². The Kier molecular flexibility index (Phi) is 5.95. The highest BCUT2D eigenvalue weighted by molar-refractivity contribution is 5.78. The van der Waals surface area contributed by atoms with Crippen LogP contribution in [0.25, 0.3) is 11.1 Å². The molecular weight excluding hydrogens is 414 g/mol. The van der Waals surface area contributed by atoms with Gasteiger partial charge in [-0.15, -0.1) is 0 Å². The van der Waals surface area contributed by atoms with Crippen LogP contribution in [0.2, 0.25) is 0 Å². The average molecular weight is 444 g/mol. The molecule has 0 aromatic heterocycles. The first-order valence-corrected chi connectivity index (χ1v) is 11.6. The third-order valence-electron chi connectivity index (χ3n) is 6.70. The van der Waals surface area contributed by atoms with Gasteiger partial charge in [0.25, 0.3) is 0 Å². The van der Waals surface area contributed by atoms with Crippen molar-refractivity contribution in [3.63, 3.8) is 0 Å². The lowest BCUT2D eigenvalue weighted by molar-refractivity contribution is -0.133. The number of phenols is 1. The molecule has 0 bridgehead atoms. The molecule has 2 atom stereocenters. The molecule has 5 nitrogen and oxygen atoms in total. The Hall–Kier alpha value is -3.47. The molecule has 1 saturated heterocycles. The maximum absolute atomic E-state index is 13.4. The molecule has 2 unspecified atom stereocenters. The Balaban J connectivity index is 1.53. The third-order valence-corrected chi connectivity index (χ3v) is 6.70. The minimum absolute atomic E-state index is 0.119. The van der Waals surface area contributed by atoms with Crippen molar-refractivity contribution in [2.24, 2.45) is 5.92 Å². The highest BCUT2D eigenvalue weighted by Gasteiger charge is 2.28. The maximum Gasteiger partial charge on any atom is 0.231 e. The fraction of sp³-hybridized carbons (Fsp3) is 0.321. The van der Waals surface area contributed by atoms with E-state index in [1.165, 1.54) is 0 Å². The first-order chi connectivity index (χ1) is 16.1. The van der Waals surface area contributed by atoms with Gasteiger partial charge in [-0.3, -0.25) is 4.79 Å². The second-order valence-electron chi connectivity index (χ2n) is 9.10. The molecule has 5 rings (SSSR count). The summed E-state index contributed by atoms with van der Waals surface area (Å²) in [6.45, 7) is 3.99. The van der Waals surface area contributed by atoms with E-state index < -0.39 is 0 Å². The van der Waals surface area contributed by atoms with Crippen molar-refractivity contribution >= 4 is 5.91 Å². The number of hydrogen-bond donors (Lipinski definition) is 1. The normalized spacial score (nSPS) is 18.2. The van der Waals surface area contributed by atoms with Gasteiger partial charge in [0.15, 0.2) is 11.5 Å². The van der Waals surface area contributed by atoms with Gasteiger partial charge in [-0.05, 0) is 59.7 Å². The molecular formula is C28H29NO4. The van der Waals surface area contributed by atoms with E-state index in [1.807, 2.05) is 65.6 Å². The van der Waals surface area contributed by atoms with Crippen molar-refractivity contribution in [3.05, 3.63) is 77.9 Å². The molecule has 2 aliphatic heterocycles. The fourth-order valence-electron chi connectivity index (χ4n) is 4.90. The third kappa shape index (κ3) is 4.54. The van der Waals surface area contributed by atoms with Gasteiger partial charge in [-0.1, -0.05) is 49.4 Å². The number of fused-ring (bicyclic) bond motifs is 1. The first kappa shape index (κ1) is 21.4. The number of carbonyl (C=O) groups excluding carboxylic acids is 1. The summed E-state index contributed by atoms with van der Waals surface area (Å²) in [5.74, 6) is 1.91. The van der Waals surface area contributed by atoms with Crippen LogP contribution in [0.3, 0.4) is 0 Å². The van der Waals surface area contributed by atoms with Crippen LogP contribution in [0.1, 0.15) is 43.2 Å². The van der Waals surface area contributed by atoms with Gasteiger partial charge in [-0.2, -0.15) is 0 Å². The van der Waals surface area contributed by atoms with Crippen molar-refractivity contribution in [1.29, 1.82) is 0 Å². The first-order valence-electron chi connectivity index (χ1n) is 11.6. The van der Waals surface area contributed by atoms with E-state index in [0.29, 0.717) is 17.4 Å². The number of hydrogen-bond acceptors (Lipinski definition) is 4. The fourth-order valence-corrected chi connectivity index (χ4v) is 4.90. The van der Waals surface area contributed by atoms with E-state index >= 15 is 0 Å². The Morgan fingerprint density at radius 3 is 2.67 bits per heavy atom. The van der Waals surface area contributed by atoms with E-state index in [4.69, 9.17) is 9.47 Å². The number of nitrogens with zero attached hydrogens (tertiary/aromatic N) is 1. The molecule has 2 aliphatic rings. The van der Waals surface area contributed by atoms with Gasteiger partial charge in [0.1, 0.15) is 5.75 Å². The number of piperidine rings is 1. The van der Waals surface area contributed by atoms with Gasteiger partial charge in [0, 0.05) is 31.0 Å². The SMILES string of the molecule is CC1CCCN(C(=O)CC(c2ccc3c(c2)OCO3)c2cc(-c3ccccc3)ccc2O)C1. The Morgan fingerprint density at radius 2 is 1.85 bits per heavy atom. The minimum Gasteiger partial charge on any atom is -0.508 e. The summed E-state index contributed by atoms with van der Waals surface area (Å²) in [5.41, 5.74) is 3.75. The molecule has 2 heterocycles. The smallest absolute Gasteiger partial charge is 0.231 e. The maximum atomic E-state index is 13.4. The van der Waals surface area contributed by atoms with Crippen LogP contribution in [-0.4, -0.2) is 35.8 Å². The van der Waals surface area contributed by atoms with Gasteiger partial charge in [-0.25, -0.2) is 0 Å². The summed E-state index contributed by atoms with van der Waals surface area (Å²) in [5, 5.41) is 10.9. The Bertz CT molecular complexity index is 1140. The molecule has 170 valence electrons. The number of benzene rings is 3. The van der Waals surface area contributed by atoms with E-state index in [2.05, 4.69) is 6.92 Å². The number of carbonyl (C=O) groups is 1. The van der Waals surface area contributed by atoms with Gasteiger partial charge in [0.05, 0.1) is 0 Å². The van der Waals surface area contributed by atoms with Crippen LogP contribution in [0.15, 0.2) is 66.7 Å². The largest absolute Gasteiger partial charge is 0.508 e. The zero-order valence-electron chi connectivity index (χ0n) is 18.9. The molecule has 3 aromatic carbocycles. The summed E-state index contributed by atoms with van der Waals surface area (Å²) in [7, 11) is 0. The lowest BCUT2D eigenvalue weighted by Gasteiger charge is -2.32. The number of amides is 1. The quantitative estimate of drug-likeness (QED) is 0.560. The zero-order chi connectivity index (χ0) is 22.8.